The fraction of sp³-hybridized carbons (Fsp3) is 0.381. The maximum absolute atomic E-state index is 13.0. The van der Waals surface area contributed by atoms with Crippen LogP contribution in [0.2, 0.25) is 0 Å². The van der Waals surface area contributed by atoms with Crippen LogP contribution >= 0.6 is 0 Å². The van der Waals surface area contributed by atoms with E-state index in [0.717, 1.165) is 23.1 Å². The van der Waals surface area contributed by atoms with Crippen LogP contribution in [0.1, 0.15) is 37.8 Å². The highest BCUT2D eigenvalue weighted by molar-refractivity contribution is 5.69. The Labute approximate surface area is 153 Å². The lowest BCUT2D eigenvalue weighted by atomic mass is 10.00. The first kappa shape index (κ1) is 18.4. The summed E-state index contributed by atoms with van der Waals surface area (Å²) in [5, 5.41) is 8.90. The summed E-state index contributed by atoms with van der Waals surface area (Å²) in [7, 11) is 0. The van der Waals surface area contributed by atoms with Crippen LogP contribution in [-0.4, -0.2) is 35.4 Å². The molecular weight excluding hydrogens is 333 g/mol. The molecule has 1 aliphatic heterocycles. The quantitative estimate of drug-likeness (QED) is 0.826. The number of cyclic esters (lactones) is 1. The minimum absolute atomic E-state index is 0.0800. The van der Waals surface area contributed by atoms with Crippen molar-refractivity contribution in [3.05, 3.63) is 59.9 Å². The Bertz CT molecular complexity index is 730. The van der Waals surface area contributed by atoms with Gasteiger partial charge in [-0.1, -0.05) is 36.4 Å². The van der Waals surface area contributed by atoms with E-state index in [-0.39, 0.29) is 30.7 Å². The lowest BCUT2D eigenvalue weighted by molar-refractivity contribution is 0.00760. The average molecular weight is 357 g/mol. The molecule has 1 aliphatic rings. The highest BCUT2D eigenvalue weighted by atomic mass is 19.1. The Morgan fingerprint density at radius 1 is 1.15 bits per heavy atom. The number of hydrogen-bond donors (Lipinski definition) is 1. The largest absolute Gasteiger partial charge is 0.446 e. The van der Waals surface area contributed by atoms with E-state index in [2.05, 4.69) is 0 Å². The topological polar surface area (TPSA) is 49.8 Å². The van der Waals surface area contributed by atoms with Crippen molar-refractivity contribution in [1.82, 2.24) is 4.90 Å². The van der Waals surface area contributed by atoms with Crippen LogP contribution in [0.3, 0.4) is 0 Å². The van der Waals surface area contributed by atoms with Crippen molar-refractivity contribution in [3.8, 4) is 11.1 Å². The van der Waals surface area contributed by atoms with E-state index in [9.17, 15) is 9.18 Å². The number of nitrogens with zero attached hydrogens (tertiary/aromatic N) is 1. The van der Waals surface area contributed by atoms with Crippen molar-refractivity contribution in [2.24, 2.45) is 0 Å². The van der Waals surface area contributed by atoms with Gasteiger partial charge in [0.15, 0.2) is 0 Å². The molecule has 2 aromatic carbocycles. The highest BCUT2D eigenvalue weighted by Crippen LogP contribution is 2.28. The van der Waals surface area contributed by atoms with Crippen molar-refractivity contribution in [2.75, 3.05) is 13.2 Å². The number of benzene rings is 2. The van der Waals surface area contributed by atoms with E-state index in [4.69, 9.17) is 9.84 Å². The number of amides is 1. The van der Waals surface area contributed by atoms with Crippen molar-refractivity contribution < 1.29 is 19.0 Å². The number of carbonyl (C=O) groups is 1. The van der Waals surface area contributed by atoms with E-state index in [0.29, 0.717) is 19.4 Å². The summed E-state index contributed by atoms with van der Waals surface area (Å²) in [6.45, 7) is 2.76. The predicted molar refractivity (Wildman–Crippen MR) is 98.2 cm³/mol. The number of aliphatic hydroxyl groups is 1. The zero-order valence-corrected chi connectivity index (χ0v) is 14.9. The summed E-state index contributed by atoms with van der Waals surface area (Å²) in [4.78, 5) is 14.0. The van der Waals surface area contributed by atoms with Crippen LogP contribution in [0.15, 0.2) is 48.5 Å². The maximum atomic E-state index is 13.0. The Kier molecular flexibility index (Phi) is 5.89. The Morgan fingerprint density at radius 2 is 1.77 bits per heavy atom. The van der Waals surface area contributed by atoms with Crippen LogP contribution < -0.4 is 0 Å². The summed E-state index contributed by atoms with van der Waals surface area (Å²) in [6, 6.07) is 14.3. The standard InChI is InChI=1S/C21H24FNO3/c1-15(23-13-12-20(3-2-14-24)26-21(23)25)16-4-6-17(7-5-16)18-8-10-19(22)11-9-18/h4-11,15,20,24H,2-3,12-14H2,1H3. The van der Waals surface area contributed by atoms with Gasteiger partial charge in [-0.15, -0.1) is 0 Å². The Balaban J connectivity index is 1.65. The van der Waals surface area contributed by atoms with Gasteiger partial charge in [0.1, 0.15) is 11.9 Å². The third kappa shape index (κ3) is 4.22. The summed E-state index contributed by atoms with van der Waals surface area (Å²) in [6.07, 6.45) is 1.74. The van der Waals surface area contributed by atoms with Gasteiger partial charge < -0.3 is 14.7 Å². The van der Waals surface area contributed by atoms with Gasteiger partial charge in [-0.05, 0) is 48.6 Å². The number of carbonyl (C=O) groups excluding carboxylic acids is 1. The molecule has 2 atom stereocenters. The predicted octanol–water partition coefficient (Wildman–Crippen LogP) is 4.54. The van der Waals surface area contributed by atoms with E-state index >= 15 is 0 Å². The second-order valence-corrected chi connectivity index (χ2v) is 6.66. The number of rotatable bonds is 6. The monoisotopic (exact) mass is 357 g/mol. The zero-order chi connectivity index (χ0) is 18.5. The first-order chi connectivity index (χ1) is 12.6. The summed E-state index contributed by atoms with van der Waals surface area (Å²) < 4.78 is 18.5. The van der Waals surface area contributed by atoms with Crippen molar-refractivity contribution in [3.63, 3.8) is 0 Å². The molecule has 1 N–H and O–H groups in total. The fourth-order valence-electron chi connectivity index (χ4n) is 3.29. The highest BCUT2D eigenvalue weighted by Gasteiger charge is 2.30. The lowest BCUT2D eigenvalue weighted by Crippen LogP contribution is -2.43. The van der Waals surface area contributed by atoms with Gasteiger partial charge >= 0.3 is 6.09 Å². The zero-order valence-electron chi connectivity index (χ0n) is 14.9. The van der Waals surface area contributed by atoms with E-state index < -0.39 is 0 Å². The van der Waals surface area contributed by atoms with Crippen LogP contribution in [0.5, 0.6) is 0 Å². The molecule has 0 bridgehead atoms. The second kappa shape index (κ2) is 8.32. The molecule has 0 saturated carbocycles. The molecule has 26 heavy (non-hydrogen) atoms. The van der Waals surface area contributed by atoms with Crippen LogP contribution in [-0.2, 0) is 4.74 Å². The van der Waals surface area contributed by atoms with Crippen LogP contribution in [0.4, 0.5) is 9.18 Å². The van der Waals surface area contributed by atoms with Gasteiger partial charge in [-0.2, -0.15) is 0 Å². The molecule has 1 saturated heterocycles. The Hall–Kier alpha value is -2.40. The maximum Gasteiger partial charge on any atom is 0.410 e. The molecule has 1 amide bonds. The molecule has 0 aromatic heterocycles. The van der Waals surface area contributed by atoms with Gasteiger partial charge in [-0.3, -0.25) is 0 Å². The third-order valence-corrected chi connectivity index (χ3v) is 4.92. The van der Waals surface area contributed by atoms with Gasteiger partial charge in [0.25, 0.3) is 0 Å². The number of hydrogen-bond acceptors (Lipinski definition) is 3. The average Bonchev–Trinajstić information content (AvgIpc) is 2.67. The molecule has 0 aliphatic carbocycles. The molecule has 1 heterocycles. The van der Waals surface area contributed by atoms with Gasteiger partial charge in [0, 0.05) is 19.6 Å². The van der Waals surface area contributed by atoms with Gasteiger partial charge in [0.2, 0.25) is 0 Å². The molecule has 4 nitrogen and oxygen atoms in total. The van der Waals surface area contributed by atoms with Gasteiger partial charge in [0.05, 0.1) is 6.04 Å². The smallest absolute Gasteiger partial charge is 0.410 e. The number of aliphatic hydroxyl groups excluding tert-OH is 1. The molecule has 1 fully saturated rings. The Morgan fingerprint density at radius 3 is 2.35 bits per heavy atom. The van der Waals surface area contributed by atoms with E-state index in [1.165, 1.54) is 12.1 Å². The summed E-state index contributed by atoms with van der Waals surface area (Å²) in [5.41, 5.74) is 2.99. The molecule has 0 radical (unpaired) electrons. The number of ether oxygens (including phenoxy) is 1. The minimum atomic E-state index is -0.297. The van der Waals surface area contributed by atoms with Crippen molar-refractivity contribution in [2.45, 2.75) is 38.3 Å². The van der Waals surface area contributed by atoms with Crippen LogP contribution in [0.25, 0.3) is 11.1 Å². The fourth-order valence-corrected chi connectivity index (χ4v) is 3.29. The first-order valence-corrected chi connectivity index (χ1v) is 9.02. The molecule has 3 rings (SSSR count). The minimum Gasteiger partial charge on any atom is -0.446 e. The normalized spacial score (nSPS) is 18.5. The summed E-state index contributed by atoms with van der Waals surface area (Å²) in [5.74, 6) is -0.250. The third-order valence-electron chi connectivity index (χ3n) is 4.92. The first-order valence-electron chi connectivity index (χ1n) is 9.02. The van der Waals surface area contributed by atoms with Gasteiger partial charge in [-0.25, -0.2) is 9.18 Å². The summed E-state index contributed by atoms with van der Waals surface area (Å²) >= 11 is 0. The van der Waals surface area contributed by atoms with E-state index in [1.807, 2.05) is 31.2 Å². The van der Waals surface area contributed by atoms with E-state index in [1.54, 1.807) is 17.0 Å². The molecule has 138 valence electrons. The molecule has 2 aromatic rings. The second-order valence-electron chi connectivity index (χ2n) is 6.66. The molecule has 2 unspecified atom stereocenters. The molecular formula is C21H24FNO3. The SMILES string of the molecule is CC(c1ccc(-c2ccc(F)cc2)cc1)N1CCC(CCCO)OC1=O. The van der Waals surface area contributed by atoms with Crippen LogP contribution in [0, 0.1) is 5.82 Å². The van der Waals surface area contributed by atoms with Crippen molar-refractivity contribution in [1.29, 1.82) is 0 Å². The van der Waals surface area contributed by atoms with Crippen molar-refractivity contribution >= 4 is 6.09 Å². The molecule has 5 heteroatoms. The lowest BCUT2D eigenvalue weighted by Gasteiger charge is -2.35. The molecule has 0 spiro atoms. The number of halogens is 1.